The first-order chi connectivity index (χ1) is 20.0. The summed E-state index contributed by atoms with van der Waals surface area (Å²) in [7, 11) is 0. The second-order valence-corrected chi connectivity index (χ2v) is 9.06. The molecule has 41 heavy (non-hydrogen) atoms. The van der Waals surface area contributed by atoms with E-state index in [1.54, 1.807) is 97.1 Å². The summed E-state index contributed by atoms with van der Waals surface area (Å²) in [5.41, 5.74) is 5.21. The van der Waals surface area contributed by atoms with Gasteiger partial charge in [-0.25, -0.2) is 0 Å². The van der Waals surface area contributed by atoms with Crippen LogP contribution in [0.25, 0.3) is 0 Å². The number of benzene rings is 4. The van der Waals surface area contributed by atoms with Crippen molar-refractivity contribution in [2.24, 2.45) is 0 Å². The van der Waals surface area contributed by atoms with Gasteiger partial charge in [-0.15, -0.1) is 0 Å². The first-order valence-corrected chi connectivity index (χ1v) is 12.7. The van der Waals surface area contributed by atoms with Gasteiger partial charge >= 0.3 is 6.96 Å². The van der Waals surface area contributed by atoms with E-state index in [2.05, 4.69) is 24.3 Å². The third kappa shape index (κ3) is 8.36. The summed E-state index contributed by atoms with van der Waals surface area (Å²) in [6.45, 7) is -2.55. The standard InChI is InChI=1S/C32H24BN4O4/c34-17-25-1-9-29(10-2-25)21-38-33(39-22-30-11-3-26(18-35)4-12-30,40-23-31-13-5-27(19-36)6-14-31)41-24-32-15-7-28(20-37)8-16-32/h1-16H,21-24H2/q-1. The Hall–Kier alpha value is -5.26. The summed E-state index contributed by atoms with van der Waals surface area (Å²) in [4.78, 5) is 0. The molecule has 0 aliphatic heterocycles. The molecule has 0 aliphatic rings. The van der Waals surface area contributed by atoms with Crippen LogP contribution < -0.4 is 0 Å². The lowest BCUT2D eigenvalue weighted by Gasteiger charge is -2.41. The van der Waals surface area contributed by atoms with Gasteiger partial charge in [-0.3, -0.25) is 0 Å². The van der Waals surface area contributed by atoms with Gasteiger partial charge in [0.05, 0.1) is 46.5 Å². The molecule has 0 aliphatic carbocycles. The van der Waals surface area contributed by atoms with Crippen LogP contribution in [-0.4, -0.2) is 6.96 Å². The SMILES string of the molecule is N#Cc1ccc(CO[B-](OCc2ccc(C#N)cc2)(OCc2ccc(C#N)cc2)OCc2ccc(C#N)cc2)cc1. The Kier molecular flexibility index (Phi) is 9.97. The molecule has 200 valence electrons. The minimum absolute atomic E-state index is 0.0693. The van der Waals surface area contributed by atoms with Crippen LogP contribution in [-0.2, 0) is 45.0 Å². The van der Waals surface area contributed by atoms with E-state index >= 15 is 0 Å². The van der Waals surface area contributed by atoms with Crippen LogP contribution >= 0.6 is 0 Å². The summed E-state index contributed by atoms with van der Waals surface area (Å²) in [6.07, 6.45) is 0. The minimum Gasteiger partial charge on any atom is -0.515 e. The smallest absolute Gasteiger partial charge is 0.515 e. The van der Waals surface area contributed by atoms with Crippen molar-refractivity contribution in [3.8, 4) is 24.3 Å². The second kappa shape index (κ2) is 14.2. The topological polar surface area (TPSA) is 132 Å². The maximum absolute atomic E-state index is 9.13. The van der Waals surface area contributed by atoms with Crippen molar-refractivity contribution in [1.29, 1.82) is 21.0 Å². The fraction of sp³-hybridized carbons (Fsp3) is 0.125. The molecule has 4 rings (SSSR count). The molecular weight excluding hydrogens is 515 g/mol. The highest BCUT2D eigenvalue weighted by Gasteiger charge is 2.33. The van der Waals surface area contributed by atoms with Crippen LogP contribution in [0.4, 0.5) is 0 Å². The summed E-state index contributed by atoms with van der Waals surface area (Å²) in [6, 6.07) is 36.2. The highest BCUT2D eigenvalue weighted by atomic mass is 16.9. The van der Waals surface area contributed by atoms with Crippen molar-refractivity contribution < 1.29 is 18.6 Å². The number of rotatable bonds is 12. The lowest BCUT2D eigenvalue weighted by atomic mass is 10.0. The summed E-state index contributed by atoms with van der Waals surface area (Å²) in [5, 5.41) is 36.5. The molecule has 0 bridgehead atoms. The van der Waals surface area contributed by atoms with Crippen molar-refractivity contribution in [1.82, 2.24) is 0 Å². The Morgan fingerprint density at radius 3 is 0.732 bits per heavy atom. The third-order valence-corrected chi connectivity index (χ3v) is 6.15. The summed E-state index contributed by atoms with van der Waals surface area (Å²) >= 11 is 0. The maximum atomic E-state index is 9.13. The van der Waals surface area contributed by atoms with Crippen molar-refractivity contribution in [2.75, 3.05) is 0 Å². The molecule has 0 amide bonds. The Morgan fingerprint density at radius 2 is 0.561 bits per heavy atom. The highest BCUT2D eigenvalue weighted by molar-refractivity contribution is 6.53. The average Bonchev–Trinajstić information content (AvgIpc) is 3.05. The average molecular weight is 539 g/mol. The van der Waals surface area contributed by atoms with E-state index < -0.39 is 6.96 Å². The molecular formula is C32H24BN4O4-. The van der Waals surface area contributed by atoms with E-state index in [4.69, 9.17) is 39.7 Å². The summed E-state index contributed by atoms with van der Waals surface area (Å²) < 4.78 is 25.0. The molecule has 0 aromatic heterocycles. The van der Waals surface area contributed by atoms with E-state index in [9.17, 15) is 0 Å². The monoisotopic (exact) mass is 539 g/mol. The number of hydrogen-bond donors (Lipinski definition) is 0. The molecule has 4 aromatic rings. The number of nitrogens with zero attached hydrogens (tertiary/aromatic N) is 4. The quantitative estimate of drug-likeness (QED) is 0.207. The largest absolute Gasteiger partial charge is 0.532 e. The molecule has 0 saturated heterocycles. The van der Waals surface area contributed by atoms with Crippen LogP contribution in [0.1, 0.15) is 44.5 Å². The van der Waals surface area contributed by atoms with Crippen LogP contribution in [0.2, 0.25) is 0 Å². The van der Waals surface area contributed by atoms with E-state index in [-0.39, 0.29) is 26.4 Å². The zero-order valence-corrected chi connectivity index (χ0v) is 22.1. The van der Waals surface area contributed by atoms with Gasteiger partial charge in [0, 0.05) is 26.4 Å². The first-order valence-electron chi connectivity index (χ1n) is 12.7. The molecule has 0 heterocycles. The Balaban J connectivity index is 1.61. The predicted octanol–water partition coefficient (Wildman–Crippen LogP) is 5.78. The van der Waals surface area contributed by atoms with Crippen molar-refractivity contribution in [3.63, 3.8) is 0 Å². The van der Waals surface area contributed by atoms with E-state index in [1.807, 2.05) is 0 Å². The Morgan fingerprint density at radius 1 is 0.366 bits per heavy atom. The Labute approximate surface area is 238 Å². The zero-order chi connectivity index (χ0) is 28.9. The third-order valence-electron chi connectivity index (χ3n) is 6.15. The molecule has 0 atom stereocenters. The zero-order valence-electron chi connectivity index (χ0n) is 22.1. The van der Waals surface area contributed by atoms with E-state index in [0.717, 1.165) is 22.3 Å². The molecule has 0 saturated carbocycles. The predicted molar refractivity (Wildman–Crippen MR) is 150 cm³/mol. The van der Waals surface area contributed by atoms with E-state index in [0.29, 0.717) is 22.3 Å². The van der Waals surface area contributed by atoms with Gasteiger partial charge in [0.25, 0.3) is 0 Å². The number of nitriles is 4. The normalized spacial score (nSPS) is 10.6. The van der Waals surface area contributed by atoms with Crippen LogP contribution in [0.5, 0.6) is 0 Å². The van der Waals surface area contributed by atoms with Gasteiger partial charge in [-0.1, -0.05) is 48.5 Å². The molecule has 0 unspecified atom stereocenters. The fourth-order valence-electron chi connectivity index (χ4n) is 3.78. The van der Waals surface area contributed by atoms with Gasteiger partial charge in [0.1, 0.15) is 0 Å². The van der Waals surface area contributed by atoms with Gasteiger partial charge in [0.2, 0.25) is 0 Å². The molecule has 9 heteroatoms. The minimum atomic E-state index is -2.83. The molecule has 0 radical (unpaired) electrons. The summed E-state index contributed by atoms with van der Waals surface area (Å²) in [5.74, 6) is 0. The van der Waals surface area contributed by atoms with Gasteiger partial charge in [-0.2, -0.15) is 21.0 Å². The highest BCUT2D eigenvalue weighted by Crippen LogP contribution is 2.22. The van der Waals surface area contributed by atoms with Crippen LogP contribution in [0.15, 0.2) is 97.1 Å². The van der Waals surface area contributed by atoms with Gasteiger partial charge in [0.15, 0.2) is 0 Å². The lowest BCUT2D eigenvalue weighted by molar-refractivity contribution is -0.0521. The van der Waals surface area contributed by atoms with Crippen LogP contribution in [0, 0.1) is 45.3 Å². The van der Waals surface area contributed by atoms with Crippen molar-refractivity contribution in [3.05, 3.63) is 142 Å². The van der Waals surface area contributed by atoms with E-state index in [1.165, 1.54) is 0 Å². The van der Waals surface area contributed by atoms with Crippen molar-refractivity contribution >= 4 is 6.96 Å². The molecule has 4 aromatic carbocycles. The molecule has 0 fully saturated rings. The first kappa shape index (κ1) is 28.7. The Bertz CT molecular complexity index is 1360. The molecule has 8 nitrogen and oxygen atoms in total. The maximum Gasteiger partial charge on any atom is 0.532 e. The fourth-order valence-corrected chi connectivity index (χ4v) is 3.78. The molecule has 0 N–H and O–H groups in total. The van der Waals surface area contributed by atoms with Crippen molar-refractivity contribution in [2.45, 2.75) is 26.4 Å². The van der Waals surface area contributed by atoms with Gasteiger partial charge in [-0.05, 0) is 70.8 Å². The molecule has 0 spiro atoms. The second-order valence-electron chi connectivity index (χ2n) is 9.06. The van der Waals surface area contributed by atoms with Gasteiger partial charge < -0.3 is 18.6 Å². The lowest BCUT2D eigenvalue weighted by Crippen LogP contribution is -2.48. The number of hydrogen-bond acceptors (Lipinski definition) is 8. The van der Waals surface area contributed by atoms with Crippen LogP contribution in [0.3, 0.4) is 0 Å².